The zero-order chi connectivity index (χ0) is 11.0. The van der Waals surface area contributed by atoms with Crippen LogP contribution in [0.2, 0.25) is 0 Å². The largest absolute Gasteiger partial charge is 0.361 e. The fourth-order valence-electron chi connectivity index (χ4n) is 2.60. The Morgan fingerprint density at radius 1 is 1.31 bits per heavy atom. The number of aromatic amines is 1. The molecule has 2 nitrogen and oxygen atoms in total. The molecular weight excluding hydrogens is 203 g/mol. The van der Waals surface area contributed by atoms with E-state index in [1.807, 2.05) is 12.3 Å². The van der Waals surface area contributed by atoms with E-state index in [0.717, 1.165) is 36.0 Å². The summed E-state index contributed by atoms with van der Waals surface area (Å²) in [5, 5.41) is 4.15. The fraction of sp³-hybridized carbons (Fsp3) is 0.385. The second-order valence-corrected chi connectivity index (χ2v) is 4.45. The highest BCUT2D eigenvalue weighted by molar-refractivity contribution is 5.84. The quantitative estimate of drug-likeness (QED) is 0.756. The highest BCUT2D eigenvalue weighted by Crippen LogP contribution is 2.31. The van der Waals surface area contributed by atoms with Crippen molar-refractivity contribution in [3.63, 3.8) is 0 Å². The maximum absolute atomic E-state index is 13.8. The lowest BCUT2D eigenvalue weighted by molar-refractivity contribution is 0.463. The first kappa shape index (κ1) is 9.85. The van der Waals surface area contributed by atoms with Gasteiger partial charge in [-0.3, -0.25) is 0 Å². The van der Waals surface area contributed by atoms with E-state index in [2.05, 4.69) is 10.3 Å². The number of nitrogens with one attached hydrogen (secondary N) is 2. The van der Waals surface area contributed by atoms with Crippen LogP contribution in [-0.2, 0) is 0 Å². The van der Waals surface area contributed by atoms with Gasteiger partial charge >= 0.3 is 0 Å². The maximum atomic E-state index is 13.8. The molecule has 1 aromatic heterocycles. The summed E-state index contributed by atoms with van der Waals surface area (Å²) in [7, 11) is 0. The predicted molar refractivity (Wildman–Crippen MR) is 63.1 cm³/mol. The fourth-order valence-corrected chi connectivity index (χ4v) is 2.60. The molecular formula is C13H15FN2. The Labute approximate surface area is 93.9 Å². The van der Waals surface area contributed by atoms with Crippen molar-refractivity contribution < 1.29 is 4.39 Å². The maximum Gasteiger partial charge on any atom is 0.132 e. The summed E-state index contributed by atoms with van der Waals surface area (Å²) in [6, 6.07) is 5.21. The lowest BCUT2D eigenvalue weighted by Gasteiger charge is -2.22. The van der Waals surface area contributed by atoms with E-state index in [9.17, 15) is 4.39 Å². The second-order valence-electron chi connectivity index (χ2n) is 4.45. The third kappa shape index (κ3) is 1.52. The SMILES string of the molecule is Fc1cccc2[nH]cc(C3CCCNC3)c12. The third-order valence-corrected chi connectivity index (χ3v) is 3.42. The molecule has 1 aliphatic heterocycles. The van der Waals surface area contributed by atoms with Crippen LogP contribution in [0, 0.1) is 5.82 Å². The number of hydrogen-bond donors (Lipinski definition) is 2. The first-order valence-electron chi connectivity index (χ1n) is 5.82. The molecule has 1 fully saturated rings. The van der Waals surface area contributed by atoms with Crippen molar-refractivity contribution in [2.75, 3.05) is 13.1 Å². The van der Waals surface area contributed by atoms with Crippen LogP contribution in [0.4, 0.5) is 4.39 Å². The van der Waals surface area contributed by atoms with Crippen LogP contribution in [0.15, 0.2) is 24.4 Å². The number of aromatic nitrogens is 1. The normalized spacial score (nSPS) is 21.4. The van der Waals surface area contributed by atoms with Crippen LogP contribution < -0.4 is 5.32 Å². The highest BCUT2D eigenvalue weighted by Gasteiger charge is 2.19. The van der Waals surface area contributed by atoms with Gasteiger partial charge in [0.25, 0.3) is 0 Å². The summed E-state index contributed by atoms with van der Waals surface area (Å²) < 4.78 is 13.8. The highest BCUT2D eigenvalue weighted by atomic mass is 19.1. The van der Waals surface area contributed by atoms with Crippen molar-refractivity contribution in [2.45, 2.75) is 18.8 Å². The van der Waals surface area contributed by atoms with E-state index in [4.69, 9.17) is 0 Å². The van der Waals surface area contributed by atoms with E-state index in [-0.39, 0.29) is 5.82 Å². The standard InChI is InChI=1S/C13H15FN2/c14-11-4-1-5-12-13(11)10(8-16-12)9-3-2-6-15-7-9/h1,4-5,8-9,15-16H,2-3,6-7H2. The van der Waals surface area contributed by atoms with Gasteiger partial charge in [0.2, 0.25) is 0 Å². The van der Waals surface area contributed by atoms with Gasteiger partial charge in [-0.25, -0.2) is 4.39 Å². The van der Waals surface area contributed by atoms with Crippen molar-refractivity contribution in [2.24, 2.45) is 0 Å². The van der Waals surface area contributed by atoms with Gasteiger partial charge in [0.15, 0.2) is 0 Å². The first-order valence-corrected chi connectivity index (χ1v) is 5.82. The van der Waals surface area contributed by atoms with Gasteiger partial charge < -0.3 is 10.3 Å². The zero-order valence-corrected chi connectivity index (χ0v) is 9.09. The lowest BCUT2D eigenvalue weighted by atomic mass is 9.91. The van der Waals surface area contributed by atoms with Crippen LogP contribution in [-0.4, -0.2) is 18.1 Å². The van der Waals surface area contributed by atoms with E-state index < -0.39 is 0 Å². The number of rotatable bonds is 1. The van der Waals surface area contributed by atoms with Gasteiger partial charge in [-0.05, 0) is 43.0 Å². The molecule has 2 N–H and O–H groups in total. The minimum Gasteiger partial charge on any atom is -0.361 e. The average molecular weight is 218 g/mol. The Morgan fingerprint density at radius 2 is 2.25 bits per heavy atom. The Bertz CT molecular complexity index is 498. The summed E-state index contributed by atoms with van der Waals surface area (Å²) in [6.07, 6.45) is 4.28. The predicted octanol–water partition coefficient (Wildman–Crippen LogP) is 2.77. The van der Waals surface area contributed by atoms with Crippen LogP contribution >= 0.6 is 0 Å². The summed E-state index contributed by atoms with van der Waals surface area (Å²) in [4.78, 5) is 3.16. The van der Waals surface area contributed by atoms with Crippen molar-refractivity contribution in [1.82, 2.24) is 10.3 Å². The van der Waals surface area contributed by atoms with Gasteiger partial charge in [-0.15, -0.1) is 0 Å². The number of piperidine rings is 1. The number of halogens is 1. The van der Waals surface area contributed by atoms with E-state index in [1.165, 1.54) is 12.5 Å². The monoisotopic (exact) mass is 218 g/mol. The Kier molecular flexibility index (Phi) is 2.40. The molecule has 1 atom stereocenters. The third-order valence-electron chi connectivity index (χ3n) is 3.42. The minimum atomic E-state index is -0.112. The summed E-state index contributed by atoms with van der Waals surface area (Å²) in [6.45, 7) is 2.04. The number of H-pyrrole nitrogens is 1. The molecule has 1 saturated heterocycles. The number of fused-ring (bicyclic) bond motifs is 1. The van der Waals surface area contributed by atoms with Crippen LogP contribution in [0.1, 0.15) is 24.3 Å². The minimum absolute atomic E-state index is 0.112. The van der Waals surface area contributed by atoms with Gasteiger partial charge in [0, 0.05) is 23.6 Å². The van der Waals surface area contributed by atoms with E-state index in [0.29, 0.717) is 5.92 Å². The molecule has 0 amide bonds. The van der Waals surface area contributed by atoms with Crippen LogP contribution in [0.3, 0.4) is 0 Å². The topological polar surface area (TPSA) is 27.8 Å². The smallest absolute Gasteiger partial charge is 0.132 e. The van der Waals surface area contributed by atoms with E-state index in [1.54, 1.807) is 6.07 Å². The van der Waals surface area contributed by atoms with Crippen molar-refractivity contribution in [3.8, 4) is 0 Å². The molecule has 0 bridgehead atoms. The summed E-state index contributed by atoms with van der Waals surface area (Å²) >= 11 is 0. The van der Waals surface area contributed by atoms with Gasteiger partial charge in [-0.2, -0.15) is 0 Å². The molecule has 0 radical (unpaired) electrons. The Balaban J connectivity index is 2.09. The molecule has 84 valence electrons. The molecule has 3 heteroatoms. The molecule has 2 heterocycles. The summed E-state index contributed by atoms with van der Waals surface area (Å²) in [5.74, 6) is 0.332. The zero-order valence-electron chi connectivity index (χ0n) is 9.09. The van der Waals surface area contributed by atoms with Gasteiger partial charge in [0.1, 0.15) is 5.82 Å². The molecule has 1 aromatic carbocycles. The van der Waals surface area contributed by atoms with Crippen LogP contribution in [0.5, 0.6) is 0 Å². The second kappa shape index (κ2) is 3.91. The van der Waals surface area contributed by atoms with Gasteiger partial charge in [0.05, 0.1) is 0 Å². The van der Waals surface area contributed by atoms with Crippen molar-refractivity contribution in [3.05, 3.63) is 35.8 Å². The molecule has 2 aromatic rings. The molecule has 3 rings (SSSR count). The van der Waals surface area contributed by atoms with Gasteiger partial charge in [-0.1, -0.05) is 6.07 Å². The molecule has 0 aliphatic carbocycles. The number of hydrogen-bond acceptors (Lipinski definition) is 1. The molecule has 1 aliphatic rings. The van der Waals surface area contributed by atoms with E-state index >= 15 is 0 Å². The Morgan fingerprint density at radius 3 is 3.06 bits per heavy atom. The number of benzene rings is 1. The first-order chi connectivity index (χ1) is 7.86. The Hall–Kier alpha value is -1.35. The van der Waals surface area contributed by atoms with Crippen molar-refractivity contribution >= 4 is 10.9 Å². The lowest BCUT2D eigenvalue weighted by Crippen LogP contribution is -2.28. The van der Waals surface area contributed by atoms with Crippen LogP contribution in [0.25, 0.3) is 10.9 Å². The molecule has 0 saturated carbocycles. The average Bonchev–Trinajstić information content (AvgIpc) is 2.75. The van der Waals surface area contributed by atoms with Crippen molar-refractivity contribution in [1.29, 1.82) is 0 Å². The summed E-state index contributed by atoms with van der Waals surface area (Å²) in [5.41, 5.74) is 2.03. The molecule has 1 unspecified atom stereocenters. The molecule has 0 spiro atoms. The molecule has 16 heavy (non-hydrogen) atoms.